The number of rotatable bonds is 2. The van der Waals surface area contributed by atoms with E-state index < -0.39 is 5.63 Å². The van der Waals surface area contributed by atoms with Crippen molar-refractivity contribution >= 4 is 32.9 Å². The summed E-state index contributed by atoms with van der Waals surface area (Å²) in [5.74, 6) is 1.23. The first-order valence-corrected chi connectivity index (χ1v) is 8.59. The number of phenols is 1. The molecular weight excluding hydrogens is 348 g/mol. The lowest BCUT2D eigenvalue weighted by atomic mass is 10.0. The predicted molar refractivity (Wildman–Crippen MR) is 101 cm³/mol. The average molecular weight is 364 g/mol. The number of fused-ring (bicyclic) bond motifs is 6. The Balaban J connectivity index is 1.85. The first-order valence-electron chi connectivity index (χ1n) is 8.59. The van der Waals surface area contributed by atoms with Gasteiger partial charge in [0.1, 0.15) is 22.3 Å². The van der Waals surface area contributed by atoms with Crippen molar-refractivity contribution in [2.75, 3.05) is 6.79 Å². The van der Waals surface area contributed by atoms with Gasteiger partial charge in [0.2, 0.25) is 6.79 Å². The molecule has 27 heavy (non-hydrogen) atoms. The van der Waals surface area contributed by atoms with Gasteiger partial charge >= 0.3 is 5.63 Å². The molecule has 5 rings (SSSR count). The van der Waals surface area contributed by atoms with Crippen molar-refractivity contribution in [2.24, 2.45) is 0 Å². The SMILES string of the molecule is CC(C)=CCc1cc2c(cc1O)oc(=O)c1c3cc4c(cc3oc21)OCO4. The zero-order valence-electron chi connectivity index (χ0n) is 14.8. The molecule has 0 saturated carbocycles. The standard InChI is InChI=1S/C21H16O6/c1-10(2)3-4-11-5-13-15(7-14(11)22)27-21(23)19-12-6-17-18(25-9-24-17)8-16(12)26-20(13)19/h3,5-8,22H,4,9H2,1-2H3. The Morgan fingerprint density at radius 1 is 1.04 bits per heavy atom. The predicted octanol–water partition coefficient (Wildman–Crippen LogP) is 4.64. The van der Waals surface area contributed by atoms with Crippen LogP contribution in [0, 0.1) is 0 Å². The minimum Gasteiger partial charge on any atom is -0.508 e. The van der Waals surface area contributed by atoms with Gasteiger partial charge in [0.15, 0.2) is 17.1 Å². The van der Waals surface area contributed by atoms with E-state index in [1.165, 1.54) is 6.07 Å². The number of benzene rings is 2. The molecule has 1 aliphatic rings. The maximum Gasteiger partial charge on any atom is 0.348 e. The molecule has 1 N–H and O–H groups in total. The number of phenolic OH excluding ortho intramolecular Hbond substituents is 1. The van der Waals surface area contributed by atoms with Gasteiger partial charge in [-0.1, -0.05) is 11.6 Å². The highest BCUT2D eigenvalue weighted by Gasteiger charge is 2.22. The summed E-state index contributed by atoms with van der Waals surface area (Å²) in [6, 6.07) is 6.71. The third-order valence-corrected chi connectivity index (χ3v) is 4.75. The second kappa shape index (κ2) is 5.54. The van der Waals surface area contributed by atoms with E-state index in [4.69, 9.17) is 18.3 Å². The van der Waals surface area contributed by atoms with E-state index in [0.717, 1.165) is 11.1 Å². The summed E-state index contributed by atoms with van der Waals surface area (Å²) in [5.41, 5.74) is 2.59. The topological polar surface area (TPSA) is 82.0 Å². The Morgan fingerprint density at radius 2 is 1.78 bits per heavy atom. The maximum atomic E-state index is 12.6. The molecule has 0 saturated heterocycles. The van der Waals surface area contributed by atoms with Crippen molar-refractivity contribution < 1.29 is 23.4 Å². The second-order valence-corrected chi connectivity index (χ2v) is 6.86. The summed E-state index contributed by atoms with van der Waals surface area (Å²) in [7, 11) is 0. The highest BCUT2D eigenvalue weighted by Crippen LogP contribution is 2.41. The third-order valence-electron chi connectivity index (χ3n) is 4.75. The summed E-state index contributed by atoms with van der Waals surface area (Å²) < 4.78 is 22.3. The molecule has 136 valence electrons. The molecule has 0 bridgehead atoms. The van der Waals surface area contributed by atoms with Crippen molar-refractivity contribution in [1.82, 2.24) is 0 Å². The molecule has 0 unspecified atom stereocenters. The minimum atomic E-state index is -0.522. The Hall–Kier alpha value is -3.41. The van der Waals surface area contributed by atoms with E-state index in [1.807, 2.05) is 19.9 Å². The first kappa shape index (κ1) is 15.8. The zero-order valence-corrected chi connectivity index (χ0v) is 14.8. The molecule has 0 fully saturated rings. The number of aromatic hydroxyl groups is 1. The molecule has 6 nitrogen and oxygen atoms in total. The van der Waals surface area contributed by atoms with Gasteiger partial charge in [0.05, 0.1) is 5.39 Å². The van der Waals surface area contributed by atoms with Crippen molar-refractivity contribution in [3.05, 3.63) is 51.9 Å². The lowest BCUT2D eigenvalue weighted by molar-refractivity contribution is 0.174. The summed E-state index contributed by atoms with van der Waals surface area (Å²) in [6.45, 7) is 4.14. The summed E-state index contributed by atoms with van der Waals surface area (Å²) in [5, 5.41) is 11.9. The van der Waals surface area contributed by atoms with Gasteiger partial charge in [0.25, 0.3) is 0 Å². The maximum absolute atomic E-state index is 12.6. The molecule has 3 heterocycles. The highest BCUT2D eigenvalue weighted by atomic mass is 16.7. The van der Waals surface area contributed by atoms with Gasteiger partial charge in [0, 0.05) is 17.5 Å². The first-order chi connectivity index (χ1) is 13.0. The van der Waals surface area contributed by atoms with E-state index in [-0.39, 0.29) is 18.1 Å². The third kappa shape index (κ3) is 2.37. The molecule has 2 aromatic heterocycles. The van der Waals surface area contributed by atoms with E-state index in [2.05, 4.69) is 0 Å². The molecule has 6 heteroatoms. The molecule has 0 spiro atoms. The van der Waals surface area contributed by atoms with Gasteiger partial charge in [-0.25, -0.2) is 4.79 Å². The monoisotopic (exact) mass is 364 g/mol. The fraction of sp³-hybridized carbons (Fsp3) is 0.190. The summed E-state index contributed by atoms with van der Waals surface area (Å²) in [6.07, 6.45) is 2.59. The molecule has 1 aliphatic heterocycles. The second-order valence-electron chi connectivity index (χ2n) is 6.86. The summed E-state index contributed by atoms with van der Waals surface area (Å²) in [4.78, 5) is 12.6. The van der Waals surface area contributed by atoms with Gasteiger partial charge in [-0.2, -0.15) is 0 Å². The van der Waals surface area contributed by atoms with Crippen LogP contribution >= 0.6 is 0 Å². The largest absolute Gasteiger partial charge is 0.508 e. The van der Waals surface area contributed by atoms with Crippen molar-refractivity contribution in [2.45, 2.75) is 20.3 Å². The zero-order chi connectivity index (χ0) is 18.7. The smallest absolute Gasteiger partial charge is 0.348 e. The van der Waals surface area contributed by atoms with E-state index >= 15 is 0 Å². The normalized spacial score (nSPS) is 13.0. The van der Waals surface area contributed by atoms with Crippen LogP contribution in [0.5, 0.6) is 17.2 Å². The lowest BCUT2D eigenvalue weighted by Gasteiger charge is -2.05. The Morgan fingerprint density at radius 3 is 2.56 bits per heavy atom. The molecular formula is C21H16O6. The van der Waals surface area contributed by atoms with Gasteiger partial charge in [-0.3, -0.25) is 0 Å². The molecule has 0 aliphatic carbocycles. The van der Waals surface area contributed by atoms with Crippen LogP contribution in [0.3, 0.4) is 0 Å². The fourth-order valence-corrected chi connectivity index (χ4v) is 3.38. The van der Waals surface area contributed by atoms with Crippen LogP contribution in [0.2, 0.25) is 0 Å². The van der Waals surface area contributed by atoms with Gasteiger partial charge < -0.3 is 23.4 Å². The lowest BCUT2D eigenvalue weighted by Crippen LogP contribution is -1.99. The van der Waals surface area contributed by atoms with Crippen LogP contribution < -0.4 is 15.1 Å². The van der Waals surface area contributed by atoms with Gasteiger partial charge in [-0.05, 0) is 38.0 Å². The Labute approximate surface area is 153 Å². The average Bonchev–Trinajstić information content (AvgIpc) is 3.21. The number of furan rings is 1. The Bertz CT molecular complexity index is 1320. The van der Waals surface area contributed by atoms with E-state index in [1.54, 1.807) is 18.2 Å². The summed E-state index contributed by atoms with van der Waals surface area (Å²) >= 11 is 0. The molecule has 0 amide bonds. The van der Waals surface area contributed by atoms with Crippen LogP contribution in [0.15, 0.2) is 49.5 Å². The number of hydrogen-bond acceptors (Lipinski definition) is 6. The van der Waals surface area contributed by atoms with Crippen LogP contribution in [0.25, 0.3) is 32.9 Å². The van der Waals surface area contributed by atoms with Crippen LogP contribution in [0.1, 0.15) is 19.4 Å². The van der Waals surface area contributed by atoms with Crippen LogP contribution in [-0.4, -0.2) is 11.9 Å². The van der Waals surface area contributed by atoms with Crippen molar-refractivity contribution in [1.29, 1.82) is 0 Å². The quantitative estimate of drug-likeness (QED) is 0.412. The van der Waals surface area contributed by atoms with Gasteiger partial charge in [-0.15, -0.1) is 0 Å². The number of allylic oxidation sites excluding steroid dienone is 2. The molecule has 0 atom stereocenters. The van der Waals surface area contributed by atoms with E-state index in [0.29, 0.717) is 45.2 Å². The number of hydrogen-bond donors (Lipinski definition) is 1. The Kier molecular flexibility index (Phi) is 3.25. The minimum absolute atomic E-state index is 0.0828. The number of ether oxygens (including phenoxy) is 2. The molecule has 0 radical (unpaired) electrons. The van der Waals surface area contributed by atoms with Crippen LogP contribution in [0.4, 0.5) is 0 Å². The molecule has 4 aromatic rings. The van der Waals surface area contributed by atoms with Crippen molar-refractivity contribution in [3.8, 4) is 17.2 Å². The van der Waals surface area contributed by atoms with Crippen LogP contribution in [-0.2, 0) is 6.42 Å². The highest BCUT2D eigenvalue weighted by molar-refractivity contribution is 6.13. The van der Waals surface area contributed by atoms with Crippen molar-refractivity contribution in [3.63, 3.8) is 0 Å². The van der Waals surface area contributed by atoms with E-state index in [9.17, 15) is 9.90 Å². The molecule has 2 aromatic carbocycles. The fourth-order valence-electron chi connectivity index (χ4n) is 3.38.